The molecule has 0 radical (unpaired) electrons. The summed E-state index contributed by atoms with van der Waals surface area (Å²) in [5.74, 6) is -0.420. The van der Waals surface area contributed by atoms with Crippen LogP contribution in [-0.2, 0) is 9.53 Å². The van der Waals surface area contributed by atoms with Crippen molar-refractivity contribution in [2.45, 2.75) is 26.3 Å². The molecule has 5 heteroatoms. The van der Waals surface area contributed by atoms with E-state index in [0.717, 1.165) is 0 Å². The second-order valence-corrected chi connectivity index (χ2v) is 4.11. The highest BCUT2D eigenvalue weighted by Gasteiger charge is 2.18. The fourth-order valence-electron chi connectivity index (χ4n) is 0.964. The first-order valence-electron chi connectivity index (χ1n) is 4.33. The summed E-state index contributed by atoms with van der Waals surface area (Å²) < 4.78 is 4.62. The minimum Gasteiger partial charge on any atom is -0.456 e. The summed E-state index contributed by atoms with van der Waals surface area (Å²) in [6.45, 7) is 5.75. The van der Waals surface area contributed by atoms with E-state index in [1.165, 1.54) is 6.08 Å². The molecule has 1 heterocycles. The van der Waals surface area contributed by atoms with E-state index in [2.05, 4.69) is 15.4 Å². The Kier molecular flexibility index (Phi) is 2.78. The molecule has 0 saturated heterocycles. The molecule has 0 aromatic heterocycles. The molecule has 5 nitrogen and oxygen atoms in total. The van der Waals surface area contributed by atoms with Crippen molar-refractivity contribution < 1.29 is 14.3 Å². The van der Waals surface area contributed by atoms with E-state index in [0.29, 0.717) is 5.70 Å². The fraction of sp³-hybridized carbons (Fsp3) is 0.556. The molecule has 0 unspecified atom stereocenters. The van der Waals surface area contributed by atoms with Crippen molar-refractivity contribution in [3.8, 4) is 0 Å². The lowest BCUT2D eigenvalue weighted by molar-refractivity contribution is -0.134. The van der Waals surface area contributed by atoms with E-state index in [-0.39, 0.29) is 18.2 Å². The lowest BCUT2D eigenvalue weighted by atomic mass is 10.1. The number of amides is 2. The van der Waals surface area contributed by atoms with Crippen LogP contribution in [0.25, 0.3) is 0 Å². The molecule has 0 bridgehead atoms. The van der Waals surface area contributed by atoms with E-state index in [4.69, 9.17) is 0 Å². The van der Waals surface area contributed by atoms with Crippen molar-refractivity contribution >= 4 is 12.0 Å². The van der Waals surface area contributed by atoms with Crippen LogP contribution in [0, 0.1) is 0 Å². The highest BCUT2D eigenvalue weighted by Crippen LogP contribution is 2.03. The van der Waals surface area contributed by atoms with E-state index in [9.17, 15) is 9.59 Å². The Balaban J connectivity index is 2.42. The maximum Gasteiger partial charge on any atom is 0.333 e. The van der Waals surface area contributed by atoms with Crippen LogP contribution in [0.4, 0.5) is 4.79 Å². The van der Waals surface area contributed by atoms with Gasteiger partial charge in [0, 0.05) is 11.6 Å². The van der Waals surface area contributed by atoms with Gasteiger partial charge in [0.05, 0.1) is 5.70 Å². The van der Waals surface area contributed by atoms with Crippen molar-refractivity contribution in [1.82, 2.24) is 10.6 Å². The van der Waals surface area contributed by atoms with Crippen LogP contribution in [0.1, 0.15) is 20.8 Å². The average molecular weight is 198 g/mol. The second kappa shape index (κ2) is 3.69. The van der Waals surface area contributed by atoms with Crippen molar-refractivity contribution in [1.29, 1.82) is 0 Å². The number of hydrogen-bond donors (Lipinski definition) is 2. The van der Waals surface area contributed by atoms with Gasteiger partial charge in [0.25, 0.3) is 0 Å². The van der Waals surface area contributed by atoms with E-state index >= 15 is 0 Å². The summed E-state index contributed by atoms with van der Waals surface area (Å²) in [5, 5.41) is 5.23. The van der Waals surface area contributed by atoms with E-state index in [1.54, 1.807) is 0 Å². The van der Waals surface area contributed by atoms with Crippen molar-refractivity contribution in [3.63, 3.8) is 0 Å². The summed E-state index contributed by atoms with van der Waals surface area (Å²) in [7, 11) is 0. The molecule has 14 heavy (non-hydrogen) atoms. The molecular weight excluding hydrogens is 184 g/mol. The molecule has 1 rings (SSSR count). The topological polar surface area (TPSA) is 67.4 Å². The van der Waals surface area contributed by atoms with Crippen molar-refractivity contribution in [3.05, 3.63) is 11.8 Å². The zero-order valence-corrected chi connectivity index (χ0v) is 8.51. The second-order valence-electron chi connectivity index (χ2n) is 4.11. The summed E-state index contributed by atoms with van der Waals surface area (Å²) in [6, 6.07) is -0.331. The number of esters is 1. The number of ether oxygens (including phenoxy) is 1. The average Bonchev–Trinajstić information content (AvgIpc) is 2.30. The maximum atomic E-state index is 11.3. The molecule has 0 aromatic carbocycles. The Bertz CT molecular complexity index is 289. The van der Waals surface area contributed by atoms with Gasteiger partial charge in [-0.2, -0.15) is 0 Å². The van der Waals surface area contributed by atoms with Crippen LogP contribution in [0.5, 0.6) is 0 Å². The SMILES string of the molecule is CC(C)(C)NC(=O)NC1=CC(=O)OC1. The minimum atomic E-state index is -0.420. The zero-order valence-electron chi connectivity index (χ0n) is 8.51. The standard InChI is InChI=1S/C9H14N2O3/c1-9(2,3)11-8(13)10-6-4-7(12)14-5-6/h4H,5H2,1-3H3,(H2,10,11,13). The Morgan fingerprint density at radius 3 is 2.57 bits per heavy atom. The van der Waals surface area contributed by atoms with E-state index < -0.39 is 5.97 Å². The fourth-order valence-corrected chi connectivity index (χ4v) is 0.964. The van der Waals surface area contributed by atoms with Gasteiger partial charge in [-0.05, 0) is 20.8 Å². The number of cyclic esters (lactones) is 1. The monoisotopic (exact) mass is 198 g/mol. The van der Waals surface area contributed by atoms with Gasteiger partial charge in [0.15, 0.2) is 0 Å². The zero-order chi connectivity index (χ0) is 10.8. The van der Waals surface area contributed by atoms with Gasteiger partial charge < -0.3 is 15.4 Å². The third-order valence-corrected chi connectivity index (χ3v) is 1.42. The summed E-state index contributed by atoms with van der Waals surface area (Å²) >= 11 is 0. The van der Waals surface area contributed by atoms with Crippen LogP contribution < -0.4 is 10.6 Å². The number of carbonyl (C=O) groups is 2. The van der Waals surface area contributed by atoms with Gasteiger partial charge in [-0.1, -0.05) is 0 Å². The largest absolute Gasteiger partial charge is 0.456 e. The maximum absolute atomic E-state index is 11.3. The third kappa shape index (κ3) is 3.47. The lowest BCUT2D eigenvalue weighted by Crippen LogP contribution is -2.46. The Hall–Kier alpha value is -1.52. The lowest BCUT2D eigenvalue weighted by Gasteiger charge is -2.20. The molecule has 0 spiro atoms. The number of urea groups is 1. The van der Waals surface area contributed by atoms with Crippen LogP contribution in [0.15, 0.2) is 11.8 Å². The molecule has 0 aliphatic carbocycles. The normalized spacial score (nSPS) is 15.9. The molecule has 1 aliphatic rings. The highest BCUT2D eigenvalue weighted by atomic mass is 16.5. The molecule has 0 fully saturated rings. The number of rotatable bonds is 1. The van der Waals surface area contributed by atoms with Crippen LogP contribution in [0.2, 0.25) is 0 Å². The summed E-state index contributed by atoms with van der Waals surface area (Å²) in [4.78, 5) is 21.9. The van der Waals surface area contributed by atoms with Crippen LogP contribution in [-0.4, -0.2) is 24.1 Å². The summed E-state index contributed by atoms with van der Waals surface area (Å²) in [5.41, 5.74) is 0.186. The first kappa shape index (κ1) is 10.6. The molecular formula is C9H14N2O3. The number of hydrogen-bond acceptors (Lipinski definition) is 3. The molecule has 0 saturated carbocycles. The Morgan fingerprint density at radius 2 is 2.14 bits per heavy atom. The molecule has 1 aliphatic heterocycles. The van der Waals surface area contributed by atoms with Crippen molar-refractivity contribution in [2.75, 3.05) is 6.61 Å². The van der Waals surface area contributed by atoms with E-state index in [1.807, 2.05) is 20.8 Å². The van der Waals surface area contributed by atoms with Crippen LogP contribution >= 0.6 is 0 Å². The summed E-state index contributed by atoms with van der Waals surface area (Å²) in [6.07, 6.45) is 1.27. The van der Waals surface area contributed by atoms with Gasteiger partial charge in [-0.25, -0.2) is 9.59 Å². The van der Waals surface area contributed by atoms with Gasteiger partial charge in [-0.3, -0.25) is 0 Å². The van der Waals surface area contributed by atoms with Gasteiger partial charge in [0.1, 0.15) is 6.61 Å². The first-order valence-corrected chi connectivity index (χ1v) is 4.33. The Morgan fingerprint density at radius 1 is 1.50 bits per heavy atom. The smallest absolute Gasteiger partial charge is 0.333 e. The van der Waals surface area contributed by atoms with Crippen LogP contribution in [0.3, 0.4) is 0 Å². The number of carbonyl (C=O) groups excluding carboxylic acids is 2. The van der Waals surface area contributed by atoms with Gasteiger partial charge in [0.2, 0.25) is 0 Å². The van der Waals surface area contributed by atoms with Crippen molar-refractivity contribution in [2.24, 2.45) is 0 Å². The number of nitrogens with one attached hydrogen (secondary N) is 2. The minimum absolute atomic E-state index is 0.135. The molecule has 0 atom stereocenters. The molecule has 2 N–H and O–H groups in total. The predicted molar refractivity (Wildman–Crippen MR) is 50.5 cm³/mol. The predicted octanol–water partition coefficient (Wildman–Crippen LogP) is 0.525. The third-order valence-electron chi connectivity index (χ3n) is 1.42. The Labute approximate surface area is 82.5 Å². The van der Waals surface area contributed by atoms with Gasteiger partial charge in [-0.15, -0.1) is 0 Å². The quantitative estimate of drug-likeness (QED) is 0.604. The highest BCUT2D eigenvalue weighted by molar-refractivity contribution is 5.87. The van der Waals surface area contributed by atoms with Gasteiger partial charge >= 0.3 is 12.0 Å². The molecule has 78 valence electrons. The molecule has 0 aromatic rings. The first-order chi connectivity index (χ1) is 6.37. The molecule has 2 amide bonds.